The summed E-state index contributed by atoms with van der Waals surface area (Å²) in [5, 5.41) is 0. The Hall–Kier alpha value is -1.71. The van der Waals surface area contributed by atoms with Crippen molar-refractivity contribution in [1.82, 2.24) is 9.97 Å². The molecule has 4 heteroatoms. The first-order chi connectivity index (χ1) is 6.17. The van der Waals surface area contributed by atoms with Crippen LogP contribution in [0.1, 0.15) is 22.0 Å². The zero-order valence-electron chi connectivity index (χ0n) is 7.57. The number of hydrogen-bond donors (Lipinski definition) is 0. The van der Waals surface area contributed by atoms with E-state index in [4.69, 9.17) is 0 Å². The smallest absolute Gasteiger partial charge is 0.356 e. The average molecular weight is 178 g/mol. The number of aryl methyl sites for hydroxylation is 1. The van der Waals surface area contributed by atoms with Gasteiger partial charge in [-0.1, -0.05) is 6.58 Å². The van der Waals surface area contributed by atoms with Gasteiger partial charge in [0.25, 0.3) is 0 Å². The molecule has 68 valence electrons. The van der Waals surface area contributed by atoms with Crippen LogP contribution in [0.15, 0.2) is 12.6 Å². The molecule has 0 radical (unpaired) electrons. The van der Waals surface area contributed by atoms with Gasteiger partial charge in [0, 0.05) is 5.69 Å². The average Bonchev–Trinajstić information content (AvgIpc) is 2.15. The second kappa shape index (κ2) is 3.80. The number of methoxy groups -OCH3 is 1. The highest BCUT2D eigenvalue weighted by Crippen LogP contribution is 2.02. The van der Waals surface area contributed by atoms with Crippen molar-refractivity contribution in [2.75, 3.05) is 7.11 Å². The maximum atomic E-state index is 11.1. The summed E-state index contributed by atoms with van der Waals surface area (Å²) in [7, 11) is 1.31. The van der Waals surface area contributed by atoms with Crippen LogP contribution in [0.5, 0.6) is 0 Å². The molecule has 0 N–H and O–H groups in total. The molecule has 1 aromatic heterocycles. The molecule has 0 atom stereocenters. The van der Waals surface area contributed by atoms with Gasteiger partial charge in [-0.2, -0.15) is 0 Å². The van der Waals surface area contributed by atoms with Gasteiger partial charge in [-0.25, -0.2) is 14.8 Å². The Morgan fingerprint density at radius 1 is 1.62 bits per heavy atom. The number of ether oxygens (including phenoxy) is 1. The summed E-state index contributed by atoms with van der Waals surface area (Å²) in [4.78, 5) is 19.0. The van der Waals surface area contributed by atoms with E-state index in [1.807, 2.05) is 0 Å². The number of hydrogen-bond acceptors (Lipinski definition) is 4. The van der Waals surface area contributed by atoms with Crippen molar-refractivity contribution in [2.45, 2.75) is 6.92 Å². The van der Waals surface area contributed by atoms with Gasteiger partial charge in [-0.15, -0.1) is 0 Å². The Kier molecular flexibility index (Phi) is 2.74. The standard InChI is InChI=1S/C9H10N2O2/c1-4-8-10-6(2)5-7(11-8)9(12)13-3/h4-5H,1H2,2-3H3. The molecule has 0 aliphatic carbocycles. The number of esters is 1. The third-order valence-corrected chi connectivity index (χ3v) is 1.45. The van der Waals surface area contributed by atoms with Crippen LogP contribution in [0.2, 0.25) is 0 Å². The molecule has 0 spiro atoms. The minimum atomic E-state index is -0.464. The maximum Gasteiger partial charge on any atom is 0.356 e. The lowest BCUT2D eigenvalue weighted by Crippen LogP contribution is -2.07. The lowest BCUT2D eigenvalue weighted by Gasteiger charge is -2.00. The predicted molar refractivity (Wildman–Crippen MR) is 48.2 cm³/mol. The van der Waals surface area contributed by atoms with Crippen molar-refractivity contribution in [3.63, 3.8) is 0 Å². The van der Waals surface area contributed by atoms with Gasteiger partial charge in [-0.3, -0.25) is 0 Å². The Labute approximate surface area is 76.3 Å². The molecule has 0 saturated carbocycles. The number of aromatic nitrogens is 2. The molecular weight excluding hydrogens is 168 g/mol. The second-order valence-corrected chi connectivity index (χ2v) is 2.45. The van der Waals surface area contributed by atoms with E-state index in [9.17, 15) is 4.79 Å². The Morgan fingerprint density at radius 3 is 2.85 bits per heavy atom. The topological polar surface area (TPSA) is 52.1 Å². The summed E-state index contributed by atoms with van der Waals surface area (Å²) in [6, 6.07) is 1.57. The molecule has 0 saturated heterocycles. The first kappa shape index (κ1) is 9.38. The van der Waals surface area contributed by atoms with E-state index in [1.54, 1.807) is 13.0 Å². The van der Waals surface area contributed by atoms with E-state index >= 15 is 0 Å². The van der Waals surface area contributed by atoms with E-state index in [1.165, 1.54) is 13.2 Å². The summed E-state index contributed by atoms with van der Waals surface area (Å²) in [6.07, 6.45) is 1.49. The van der Waals surface area contributed by atoms with Crippen LogP contribution in [-0.2, 0) is 4.74 Å². The van der Waals surface area contributed by atoms with Crippen molar-refractivity contribution in [1.29, 1.82) is 0 Å². The van der Waals surface area contributed by atoms with Crippen LogP contribution in [0.4, 0.5) is 0 Å². The number of carbonyl (C=O) groups is 1. The number of carbonyl (C=O) groups excluding carboxylic acids is 1. The fraction of sp³-hybridized carbons (Fsp3) is 0.222. The van der Waals surface area contributed by atoms with Gasteiger partial charge < -0.3 is 4.74 Å². The fourth-order valence-corrected chi connectivity index (χ4v) is 0.892. The SMILES string of the molecule is C=Cc1nc(C)cc(C(=O)OC)n1. The Balaban J connectivity index is 3.15. The normalized spacial score (nSPS) is 9.38. The molecule has 13 heavy (non-hydrogen) atoms. The van der Waals surface area contributed by atoms with Crippen LogP contribution >= 0.6 is 0 Å². The molecule has 0 aliphatic rings. The van der Waals surface area contributed by atoms with Crippen molar-refractivity contribution in [3.8, 4) is 0 Å². The quantitative estimate of drug-likeness (QED) is 0.639. The highest BCUT2D eigenvalue weighted by molar-refractivity contribution is 5.87. The van der Waals surface area contributed by atoms with E-state index in [0.29, 0.717) is 11.5 Å². The molecule has 0 amide bonds. The fourth-order valence-electron chi connectivity index (χ4n) is 0.892. The van der Waals surface area contributed by atoms with Gasteiger partial charge in [-0.05, 0) is 19.1 Å². The summed E-state index contributed by atoms with van der Waals surface area (Å²) in [6.45, 7) is 5.30. The third-order valence-electron chi connectivity index (χ3n) is 1.45. The largest absolute Gasteiger partial charge is 0.464 e. The molecule has 1 aromatic rings. The minimum Gasteiger partial charge on any atom is -0.464 e. The second-order valence-electron chi connectivity index (χ2n) is 2.45. The molecule has 4 nitrogen and oxygen atoms in total. The zero-order chi connectivity index (χ0) is 9.84. The molecule has 1 rings (SSSR count). The molecule has 0 aromatic carbocycles. The lowest BCUT2D eigenvalue weighted by atomic mass is 10.3. The van der Waals surface area contributed by atoms with Crippen LogP contribution in [0, 0.1) is 6.92 Å². The number of nitrogens with zero attached hydrogens (tertiary/aromatic N) is 2. The van der Waals surface area contributed by atoms with Gasteiger partial charge >= 0.3 is 5.97 Å². The van der Waals surface area contributed by atoms with Crippen LogP contribution < -0.4 is 0 Å². The van der Waals surface area contributed by atoms with Crippen LogP contribution in [0.3, 0.4) is 0 Å². The van der Waals surface area contributed by atoms with Crippen molar-refractivity contribution in [3.05, 3.63) is 29.9 Å². The van der Waals surface area contributed by atoms with Crippen LogP contribution in [-0.4, -0.2) is 23.0 Å². The predicted octanol–water partition coefficient (Wildman–Crippen LogP) is 1.21. The Bertz CT molecular complexity index is 347. The Morgan fingerprint density at radius 2 is 2.31 bits per heavy atom. The van der Waals surface area contributed by atoms with E-state index in [0.717, 1.165) is 0 Å². The van der Waals surface area contributed by atoms with Gasteiger partial charge in [0.15, 0.2) is 11.5 Å². The summed E-state index contributed by atoms with van der Waals surface area (Å²) < 4.78 is 4.53. The van der Waals surface area contributed by atoms with E-state index in [2.05, 4.69) is 21.3 Å². The summed E-state index contributed by atoms with van der Waals surface area (Å²) in [5.41, 5.74) is 0.968. The van der Waals surface area contributed by atoms with Crippen molar-refractivity contribution in [2.24, 2.45) is 0 Å². The lowest BCUT2D eigenvalue weighted by molar-refractivity contribution is 0.0593. The molecule has 1 heterocycles. The van der Waals surface area contributed by atoms with Crippen molar-refractivity contribution < 1.29 is 9.53 Å². The number of rotatable bonds is 2. The highest BCUT2D eigenvalue weighted by Gasteiger charge is 2.08. The monoisotopic (exact) mass is 178 g/mol. The zero-order valence-corrected chi connectivity index (χ0v) is 7.57. The first-order valence-electron chi connectivity index (χ1n) is 3.74. The van der Waals surface area contributed by atoms with E-state index in [-0.39, 0.29) is 5.69 Å². The summed E-state index contributed by atoms with van der Waals surface area (Å²) in [5.74, 6) is -0.0333. The maximum absolute atomic E-state index is 11.1. The molecule has 0 aliphatic heterocycles. The minimum absolute atomic E-state index is 0.255. The van der Waals surface area contributed by atoms with Gasteiger partial charge in [0.2, 0.25) is 0 Å². The first-order valence-corrected chi connectivity index (χ1v) is 3.74. The van der Waals surface area contributed by atoms with E-state index < -0.39 is 5.97 Å². The molecule has 0 fully saturated rings. The summed E-state index contributed by atoms with van der Waals surface area (Å²) >= 11 is 0. The third kappa shape index (κ3) is 2.11. The van der Waals surface area contributed by atoms with Crippen molar-refractivity contribution >= 4 is 12.0 Å². The van der Waals surface area contributed by atoms with Gasteiger partial charge in [0.1, 0.15) is 0 Å². The van der Waals surface area contributed by atoms with Crippen LogP contribution in [0.25, 0.3) is 6.08 Å². The highest BCUT2D eigenvalue weighted by atomic mass is 16.5. The van der Waals surface area contributed by atoms with Gasteiger partial charge in [0.05, 0.1) is 7.11 Å². The molecular formula is C9H10N2O2. The molecule has 0 bridgehead atoms. The molecule has 0 unspecified atom stereocenters.